The SMILES string of the molecule is O=C(NCC1CNCC1O)c1cccc(-n2cnnn2)c1. The van der Waals surface area contributed by atoms with Gasteiger partial charge in [-0.2, -0.15) is 0 Å². The molecule has 0 bridgehead atoms. The fraction of sp³-hybridized carbons (Fsp3) is 0.385. The van der Waals surface area contributed by atoms with E-state index in [-0.39, 0.29) is 11.8 Å². The molecule has 1 aliphatic rings. The monoisotopic (exact) mass is 288 g/mol. The molecule has 8 heteroatoms. The van der Waals surface area contributed by atoms with Gasteiger partial charge in [0, 0.05) is 31.1 Å². The van der Waals surface area contributed by atoms with E-state index in [1.54, 1.807) is 18.2 Å². The van der Waals surface area contributed by atoms with Gasteiger partial charge in [-0.3, -0.25) is 4.79 Å². The molecule has 1 amide bonds. The highest BCUT2D eigenvalue weighted by molar-refractivity contribution is 5.94. The van der Waals surface area contributed by atoms with Crippen LogP contribution in [0.3, 0.4) is 0 Å². The van der Waals surface area contributed by atoms with Crippen LogP contribution in [0.15, 0.2) is 30.6 Å². The lowest BCUT2D eigenvalue weighted by Gasteiger charge is -2.14. The molecule has 1 aliphatic heterocycles. The summed E-state index contributed by atoms with van der Waals surface area (Å²) in [6.45, 7) is 1.74. The van der Waals surface area contributed by atoms with Gasteiger partial charge in [0.25, 0.3) is 5.91 Å². The first-order valence-electron chi connectivity index (χ1n) is 6.74. The van der Waals surface area contributed by atoms with E-state index in [0.29, 0.717) is 25.2 Å². The highest BCUT2D eigenvalue weighted by Crippen LogP contribution is 2.10. The smallest absolute Gasteiger partial charge is 0.251 e. The summed E-state index contributed by atoms with van der Waals surface area (Å²) in [5.41, 5.74) is 1.25. The van der Waals surface area contributed by atoms with E-state index in [4.69, 9.17) is 0 Å². The molecule has 0 radical (unpaired) electrons. The fourth-order valence-corrected chi connectivity index (χ4v) is 2.32. The molecule has 3 N–H and O–H groups in total. The van der Waals surface area contributed by atoms with Crippen LogP contribution in [0.25, 0.3) is 5.69 Å². The summed E-state index contributed by atoms with van der Waals surface area (Å²) in [7, 11) is 0. The molecule has 21 heavy (non-hydrogen) atoms. The number of carbonyl (C=O) groups excluding carboxylic acids is 1. The Balaban J connectivity index is 1.66. The number of aromatic nitrogens is 4. The highest BCUT2D eigenvalue weighted by atomic mass is 16.3. The molecule has 3 rings (SSSR count). The van der Waals surface area contributed by atoms with E-state index >= 15 is 0 Å². The maximum atomic E-state index is 12.2. The number of carbonyl (C=O) groups is 1. The Morgan fingerprint density at radius 3 is 3.10 bits per heavy atom. The standard InChI is InChI=1S/C13H16N6O2/c20-12-7-14-5-10(12)6-15-13(21)9-2-1-3-11(4-9)19-8-16-17-18-19/h1-4,8,10,12,14,20H,5-7H2,(H,15,21). The van der Waals surface area contributed by atoms with Gasteiger partial charge in [0.15, 0.2) is 0 Å². The molecule has 2 heterocycles. The number of benzene rings is 1. The summed E-state index contributed by atoms with van der Waals surface area (Å²) in [5.74, 6) is -0.124. The minimum atomic E-state index is -0.405. The molecular formula is C13H16N6O2. The van der Waals surface area contributed by atoms with Crippen molar-refractivity contribution in [2.75, 3.05) is 19.6 Å². The molecule has 1 aromatic heterocycles. The third kappa shape index (κ3) is 3.06. The number of aliphatic hydroxyl groups excluding tert-OH is 1. The van der Waals surface area contributed by atoms with E-state index in [1.807, 2.05) is 6.07 Å². The second-order valence-electron chi connectivity index (χ2n) is 5.00. The quantitative estimate of drug-likeness (QED) is 0.664. The summed E-state index contributed by atoms with van der Waals surface area (Å²) in [6.07, 6.45) is 1.07. The molecule has 0 aliphatic carbocycles. The summed E-state index contributed by atoms with van der Waals surface area (Å²) < 4.78 is 1.49. The lowest BCUT2D eigenvalue weighted by molar-refractivity contribution is 0.0927. The molecule has 8 nitrogen and oxygen atoms in total. The zero-order valence-corrected chi connectivity index (χ0v) is 11.3. The number of amides is 1. The summed E-state index contributed by atoms with van der Waals surface area (Å²) in [5, 5.41) is 26.6. The number of hydrogen-bond donors (Lipinski definition) is 3. The predicted molar refractivity (Wildman–Crippen MR) is 73.9 cm³/mol. The van der Waals surface area contributed by atoms with Gasteiger partial charge in [0.1, 0.15) is 6.33 Å². The van der Waals surface area contributed by atoms with Crippen molar-refractivity contribution in [2.45, 2.75) is 6.10 Å². The molecular weight excluding hydrogens is 272 g/mol. The van der Waals surface area contributed by atoms with Crippen molar-refractivity contribution in [1.29, 1.82) is 0 Å². The molecule has 0 spiro atoms. The Bertz CT molecular complexity index is 615. The number of β-amino-alcohol motifs (C(OH)–C–C–N with tert-alkyl or cyclic N) is 1. The van der Waals surface area contributed by atoms with Crippen LogP contribution in [-0.2, 0) is 0 Å². The van der Waals surface area contributed by atoms with Gasteiger partial charge in [-0.1, -0.05) is 6.07 Å². The largest absolute Gasteiger partial charge is 0.391 e. The van der Waals surface area contributed by atoms with Crippen LogP contribution in [0.1, 0.15) is 10.4 Å². The number of aliphatic hydroxyl groups is 1. The zero-order valence-electron chi connectivity index (χ0n) is 11.3. The molecule has 2 aromatic rings. The van der Waals surface area contributed by atoms with Crippen LogP contribution >= 0.6 is 0 Å². The van der Waals surface area contributed by atoms with E-state index in [0.717, 1.165) is 5.69 Å². The maximum absolute atomic E-state index is 12.2. The lowest BCUT2D eigenvalue weighted by Crippen LogP contribution is -2.34. The van der Waals surface area contributed by atoms with Gasteiger partial charge in [0.05, 0.1) is 11.8 Å². The second kappa shape index (κ2) is 5.98. The molecule has 0 saturated carbocycles. The van der Waals surface area contributed by atoms with E-state index in [2.05, 4.69) is 26.2 Å². The fourth-order valence-electron chi connectivity index (χ4n) is 2.32. The molecule has 1 aromatic carbocycles. The van der Waals surface area contributed by atoms with Crippen LogP contribution < -0.4 is 10.6 Å². The normalized spacial score (nSPS) is 21.4. The van der Waals surface area contributed by atoms with E-state index in [1.165, 1.54) is 11.0 Å². The number of tetrazole rings is 1. The van der Waals surface area contributed by atoms with Crippen molar-refractivity contribution < 1.29 is 9.90 Å². The lowest BCUT2D eigenvalue weighted by atomic mass is 10.1. The summed E-state index contributed by atoms with van der Waals surface area (Å²) in [4.78, 5) is 12.2. The van der Waals surface area contributed by atoms with E-state index < -0.39 is 6.10 Å². The van der Waals surface area contributed by atoms with Crippen molar-refractivity contribution in [3.63, 3.8) is 0 Å². The van der Waals surface area contributed by atoms with E-state index in [9.17, 15) is 9.90 Å². The number of nitrogens with one attached hydrogen (secondary N) is 2. The van der Waals surface area contributed by atoms with Crippen LogP contribution in [0, 0.1) is 5.92 Å². The average Bonchev–Trinajstić information content (AvgIpc) is 3.16. The molecule has 2 atom stereocenters. The first-order valence-corrected chi connectivity index (χ1v) is 6.74. The van der Waals surface area contributed by atoms with Crippen molar-refractivity contribution >= 4 is 5.91 Å². The molecule has 110 valence electrons. The first kappa shape index (κ1) is 13.7. The third-order valence-electron chi connectivity index (χ3n) is 3.55. The van der Waals surface area contributed by atoms with Gasteiger partial charge in [-0.25, -0.2) is 4.68 Å². The molecule has 1 fully saturated rings. The Morgan fingerprint density at radius 2 is 2.38 bits per heavy atom. The Morgan fingerprint density at radius 1 is 1.48 bits per heavy atom. The molecule has 2 unspecified atom stereocenters. The predicted octanol–water partition coefficient (Wildman–Crippen LogP) is -1.03. The van der Waals surface area contributed by atoms with Crippen LogP contribution in [-0.4, -0.2) is 57.0 Å². The van der Waals surface area contributed by atoms with Gasteiger partial charge < -0.3 is 15.7 Å². The Labute approximate surface area is 121 Å². The Kier molecular flexibility index (Phi) is 3.89. The highest BCUT2D eigenvalue weighted by Gasteiger charge is 2.25. The Hall–Kier alpha value is -2.32. The second-order valence-corrected chi connectivity index (χ2v) is 5.00. The minimum absolute atomic E-state index is 0.0525. The van der Waals surface area contributed by atoms with Crippen LogP contribution in [0.5, 0.6) is 0 Å². The average molecular weight is 288 g/mol. The number of hydrogen-bond acceptors (Lipinski definition) is 6. The van der Waals surface area contributed by atoms with Crippen molar-refractivity contribution in [2.24, 2.45) is 5.92 Å². The van der Waals surface area contributed by atoms with Crippen molar-refractivity contribution in [3.8, 4) is 5.69 Å². The van der Waals surface area contributed by atoms with Crippen LogP contribution in [0.4, 0.5) is 0 Å². The van der Waals surface area contributed by atoms with Crippen molar-refractivity contribution in [1.82, 2.24) is 30.8 Å². The van der Waals surface area contributed by atoms with Crippen molar-refractivity contribution in [3.05, 3.63) is 36.2 Å². The number of rotatable bonds is 4. The van der Waals surface area contributed by atoms with Gasteiger partial charge in [0.2, 0.25) is 0 Å². The van der Waals surface area contributed by atoms with Gasteiger partial charge >= 0.3 is 0 Å². The first-order chi connectivity index (χ1) is 10.2. The summed E-state index contributed by atoms with van der Waals surface area (Å²) >= 11 is 0. The maximum Gasteiger partial charge on any atom is 0.251 e. The zero-order chi connectivity index (χ0) is 14.7. The topological polar surface area (TPSA) is 105 Å². The van der Waals surface area contributed by atoms with Gasteiger partial charge in [-0.15, -0.1) is 5.10 Å². The third-order valence-corrected chi connectivity index (χ3v) is 3.55. The number of nitrogens with zero attached hydrogens (tertiary/aromatic N) is 4. The van der Waals surface area contributed by atoms with Gasteiger partial charge in [-0.05, 0) is 28.6 Å². The molecule has 1 saturated heterocycles. The van der Waals surface area contributed by atoms with Crippen LogP contribution in [0.2, 0.25) is 0 Å². The summed E-state index contributed by atoms with van der Waals surface area (Å²) in [6, 6.07) is 7.04. The minimum Gasteiger partial charge on any atom is -0.391 e.